The van der Waals surface area contributed by atoms with E-state index in [1.807, 2.05) is 6.20 Å². The lowest BCUT2D eigenvalue weighted by Gasteiger charge is -2.42. The lowest BCUT2D eigenvalue weighted by molar-refractivity contribution is 0.254. The van der Waals surface area contributed by atoms with Crippen LogP contribution in [0.25, 0.3) is 10.9 Å². The van der Waals surface area contributed by atoms with Crippen LogP contribution in [0, 0.1) is 0 Å². The van der Waals surface area contributed by atoms with Crippen molar-refractivity contribution in [1.29, 1.82) is 0 Å². The first kappa shape index (κ1) is 11.1. The van der Waals surface area contributed by atoms with Crippen molar-refractivity contribution in [2.45, 2.75) is 24.7 Å². The predicted molar refractivity (Wildman–Crippen MR) is 72.5 cm³/mol. The van der Waals surface area contributed by atoms with Crippen LogP contribution in [0.3, 0.4) is 0 Å². The highest BCUT2D eigenvalue weighted by Crippen LogP contribution is 2.46. The molecule has 0 unspecified atom stereocenters. The molecule has 0 amide bonds. The van der Waals surface area contributed by atoms with Gasteiger partial charge in [0.25, 0.3) is 0 Å². The molecule has 1 aromatic carbocycles. The van der Waals surface area contributed by atoms with E-state index in [9.17, 15) is 0 Å². The van der Waals surface area contributed by atoms with E-state index in [-0.39, 0.29) is 5.41 Å². The summed E-state index contributed by atoms with van der Waals surface area (Å²) in [5.74, 6) is 0. The second-order valence-electron chi connectivity index (χ2n) is 5.13. The van der Waals surface area contributed by atoms with Gasteiger partial charge in [-0.1, -0.05) is 36.2 Å². The largest absolute Gasteiger partial charge is 0.349 e. The van der Waals surface area contributed by atoms with Crippen LogP contribution in [0.1, 0.15) is 24.8 Å². The van der Waals surface area contributed by atoms with Crippen LogP contribution < -0.4 is 5.73 Å². The standard InChI is InChI=1S/C14H17ClN2/c1-17-8-12(15)10-4-2-5-11(13(10)17)14(9-16)6-3-7-14/h2,4-5,8H,3,6-7,9,16H2,1H3. The number of aryl methyl sites for hydroxylation is 1. The Morgan fingerprint density at radius 3 is 2.76 bits per heavy atom. The van der Waals surface area contributed by atoms with Crippen LogP contribution in [-0.4, -0.2) is 11.1 Å². The molecule has 1 saturated carbocycles. The van der Waals surface area contributed by atoms with Crippen molar-refractivity contribution < 1.29 is 0 Å². The van der Waals surface area contributed by atoms with Crippen LogP contribution in [0.5, 0.6) is 0 Å². The first-order chi connectivity index (χ1) is 8.18. The van der Waals surface area contributed by atoms with E-state index in [4.69, 9.17) is 17.3 Å². The number of benzene rings is 1. The molecular formula is C14H17ClN2. The average Bonchev–Trinajstić information content (AvgIpc) is 2.55. The van der Waals surface area contributed by atoms with Gasteiger partial charge in [0.1, 0.15) is 0 Å². The lowest BCUT2D eigenvalue weighted by Crippen LogP contribution is -2.41. The minimum atomic E-state index is 0.189. The Labute approximate surface area is 106 Å². The first-order valence-corrected chi connectivity index (χ1v) is 6.50. The summed E-state index contributed by atoms with van der Waals surface area (Å²) < 4.78 is 2.13. The van der Waals surface area contributed by atoms with Crippen molar-refractivity contribution >= 4 is 22.5 Å². The smallest absolute Gasteiger partial charge is 0.0661 e. The topological polar surface area (TPSA) is 30.9 Å². The molecule has 0 radical (unpaired) electrons. The van der Waals surface area contributed by atoms with Gasteiger partial charge in [0.05, 0.1) is 10.5 Å². The maximum Gasteiger partial charge on any atom is 0.0661 e. The third-order valence-corrected chi connectivity index (χ3v) is 4.53. The van der Waals surface area contributed by atoms with Gasteiger partial charge in [-0.05, 0) is 18.4 Å². The predicted octanol–water partition coefficient (Wildman–Crippen LogP) is 3.21. The van der Waals surface area contributed by atoms with Crippen LogP contribution >= 0.6 is 11.6 Å². The maximum atomic E-state index is 6.25. The molecule has 3 rings (SSSR count). The van der Waals surface area contributed by atoms with Crippen molar-refractivity contribution in [1.82, 2.24) is 4.57 Å². The molecule has 2 N–H and O–H groups in total. The lowest BCUT2D eigenvalue weighted by atomic mass is 9.64. The Kier molecular flexibility index (Phi) is 2.46. The van der Waals surface area contributed by atoms with Crippen molar-refractivity contribution in [3.05, 3.63) is 35.0 Å². The van der Waals surface area contributed by atoms with Gasteiger partial charge in [0, 0.05) is 30.6 Å². The molecule has 2 aromatic rings. The second kappa shape index (κ2) is 3.76. The summed E-state index contributed by atoms with van der Waals surface area (Å²) in [6.07, 6.45) is 5.67. The number of aromatic nitrogens is 1. The van der Waals surface area contributed by atoms with Gasteiger partial charge in [-0.2, -0.15) is 0 Å². The van der Waals surface area contributed by atoms with Gasteiger partial charge >= 0.3 is 0 Å². The molecule has 3 heteroatoms. The number of rotatable bonds is 2. The van der Waals surface area contributed by atoms with Crippen molar-refractivity contribution in [2.75, 3.05) is 6.54 Å². The summed E-state index contributed by atoms with van der Waals surface area (Å²) >= 11 is 6.25. The fraction of sp³-hybridized carbons (Fsp3) is 0.429. The monoisotopic (exact) mass is 248 g/mol. The Morgan fingerprint density at radius 1 is 1.41 bits per heavy atom. The van der Waals surface area contributed by atoms with Crippen molar-refractivity contribution in [3.63, 3.8) is 0 Å². The normalized spacial score (nSPS) is 18.3. The number of nitrogens with two attached hydrogens (primary N) is 1. The molecular weight excluding hydrogens is 232 g/mol. The summed E-state index contributed by atoms with van der Waals surface area (Å²) in [5.41, 5.74) is 8.82. The molecule has 1 aromatic heterocycles. The van der Waals surface area contributed by atoms with E-state index in [1.54, 1.807) is 0 Å². The Bertz CT molecular complexity index is 561. The number of nitrogens with zero attached hydrogens (tertiary/aromatic N) is 1. The van der Waals surface area contributed by atoms with E-state index in [0.717, 1.165) is 17.0 Å². The highest BCUT2D eigenvalue weighted by molar-refractivity contribution is 6.35. The highest BCUT2D eigenvalue weighted by atomic mass is 35.5. The molecule has 0 atom stereocenters. The minimum absolute atomic E-state index is 0.189. The summed E-state index contributed by atoms with van der Waals surface area (Å²) in [4.78, 5) is 0. The van der Waals surface area contributed by atoms with E-state index in [1.165, 1.54) is 30.3 Å². The van der Waals surface area contributed by atoms with E-state index >= 15 is 0 Å². The minimum Gasteiger partial charge on any atom is -0.349 e. The molecule has 90 valence electrons. The maximum absolute atomic E-state index is 6.25. The van der Waals surface area contributed by atoms with E-state index < -0.39 is 0 Å². The molecule has 0 spiro atoms. The van der Waals surface area contributed by atoms with Gasteiger partial charge in [0.15, 0.2) is 0 Å². The fourth-order valence-electron chi connectivity index (χ4n) is 3.04. The van der Waals surface area contributed by atoms with Gasteiger partial charge in [-0.25, -0.2) is 0 Å². The molecule has 0 aliphatic heterocycles. The number of para-hydroxylation sites is 1. The highest BCUT2D eigenvalue weighted by Gasteiger charge is 2.39. The van der Waals surface area contributed by atoms with E-state index in [0.29, 0.717) is 0 Å². The van der Waals surface area contributed by atoms with Gasteiger partial charge in [0.2, 0.25) is 0 Å². The third kappa shape index (κ3) is 1.44. The first-order valence-electron chi connectivity index (χ1n) is 6.12. The summed E-state index contributed by atoms with van der Waals surface area (Å²) in [6.45, 7) is 0.731. The van der Waals surface area contributed by atoms with Gasteiger partial charge in [-0.3, -0.25) is 0 Å². The Morgan fingerprint density at radius 2 is 2.18 bits per heavy atom. The quantitative estimate of drug-likeness (QED) is 0.869. The van der Waals surface area contributed by atoms with E-state index in [2.05, 4.69) is 29.8 Å². The number of halogens is 1. The Balaban J connectivity index is 2.29. The fourth-order valence-corrected chi connectivity index (χ4v) is 3.33. The summed E-state index contributed by atoms with van der Waals surface area (Å²) in [7, 11) is 2.06. The average molecular weight is 249 g/mol. The third-order valence-electron chi connectivity index (χ3n) is 4.23. The van der Waals surface area contributed by atoms with Gasteiger partial charge in [-0.15, -0.1) is 0 Å². The zero-order chi connectivity index (χ0) is 12.0. The molecule has 1 fully saturated rings. The van der Waals surface area contributed by atoms with Crippen LogP contribution in [-0.2, 0) is 12.5 Å². The number of hydrogen-bond acceptors (Lipinski definition) is 1. The molecule has 2 nitrogen and oxygen atoms in total. The Hall–Kier alpha value is -0.990. The summed E-state index contributed by atoms with van der Waals surface area (Å²) in [6, 6.07) is 6.40. The molecule has 0 saturated heterocycles. The van der Waals surface area contributed by atoms with Crippen LogP contribution in [0.15, 0.2) is 24.4 Å². The van der Waals surface area contributed by atoms with Crippen molar-refractivity contribution in [2.24, 2.45) is 12.8 Å². The van der Waals surface area contributed by atoms with Gasteiger partial charge < -0.3 is 10.3 Å². The molecule has 17 heavy (non-hydrogen) atoms. The number of fused-ring (bicyclic) bond motifs is 1. The molecule has 0 bridgehead atoms. The SMILES string of the molecule is Cn1cc(Cl)c2cccc(C3(CN)CCC3)c21. The molecule has 1 aliphatic carbocycles. The molecule has 1 aliphatic rings. The van der Waals surface area contributed by atoms with Crippen molar-refractivity contribution in [3.8, 4) is 0 Å². The van der Waals surface area contributed by atoms with Crippen LogP contribution in [0.2, 0.25) is 5.02 Å². The molecule has 1 heterocycles. The van der Waals surface area contributed by atoms with Crippen LogP contribution in [0.4, 0.5) is 0 Å². The number of hydrogen-bond donors (Lipinski definition) is 1. The summed E-state index contributed by atoms with van der Waals surface area (Å²) in [5, 5.41) is 1.97. The zero-order valence-electron chi connectivity index (χ0n) is 10.0. The zero-order valence-corrected chi connectivity index (χ0v) is 10.8. The second-order valence-corrected chi connectivity index (χ2v) is 5.53.